The molecule has 0 saturated heterocycles. The van der Waals surface area contributed by atoms with Gasteiger partial charge in [0.1, 0.15) is 0 Å². The zero-order valence-electron chi connectivity index (χ0n) is 13.8. The Morgan fingerprint density at radius 3 is 2.46 bits per heavy atom. The van der Waals surface area contributed by atoms with Crippen molar-refractivity contribution in [3.05, 3.63) is 58.6 Å². The Hall–Kier alpha value is -2.53. The van der Waals surface area contributed by atoms with Crippen molar-refractivity contribution in [2.75, 3.05) is 14.2 Å². The van der Waals surface area contributed by atoms with Crippen molar-refractivity contribution in [3.8, 4) is 11.5 Å². The van der Waals surface area contributed by atoms with Crippen molar-refractivity contribution >= 4 is 23.2 Å². The molecule has 2 rings (SSSR count). The number of benzene rings is 2. The van der Waals surface area contributed by atoms with E-state index in [9.17, 15) is 4.79 Å². The summed E-state index contributed by atoms with van der Waals surface area (Å²) in [5, 5.41) is 4.61. The van der Waals surface area contributed by atoms with Crippen molar-refractivity contribution in [1.29, 1.82) is 0 Å². The first-order valence-corrected chi connectivity index (χ1v) is 7.82. The van der Waals surface area contributed by atoms with Gasteiger partial charge >= 0.3 is 0 Å². The van der Waals surface area contributed by atoms with Crippen LogP contribution in [0.3, 0.4) is 0 Å². The number of methoxy groups -OCH3 is 2. The van der Waals surface area contributed by atoms with E-state index in [0.717, 1.165) is 11.3 Å². The molecule has 1 amide bonds. The number of hydrogen-bond donors (Lipinski definition) is 1. The standard InChI is InChI=1S/C18H19ClN2O3/c1-4-15(12-9-10-16(23-2)17(11-12)24-3)20-21-18(22)13-7-5-6-8-14(13)19/h5-11H,4H2,1-3H3,(H,21,22)/b20-15+. The number of rotatable bonds is 6. The van der Waals surface area contributed by atoms with Gasteiger partial charge in [-0.15, -0.1) is 0 Å². The van der Waals surface area contributed by atoms with Crippen LogP contribution in [0.15, 0.2) is 47.6 Å². The maximum absolute atomic E-state index is 12.2. The number of nitrogens with zero attached hydrogens (tertiary/aromatic N) is 1. The lowest BCUT2D eigenvalue weighted by atomic mass is 10.1. The van der Waals surface area contributed by atoms with E-state index in [2.05, 4.69) is 10.5 Å². The molecule has 0 radical (unpaired) electrons. The van der Waals surface area contributed by atoms with E-state index in [1.807, 2.05) is 19.1 Å². The number of hydrogen-bond acceptors (Lipinski definition) is 4. The topological polar surface area (TPSA) is 59.9 Å². The number of nitrogens with one attached hydrogen (secondary N) is 1. The number of ether oxygens (including phenoxy) is 2. The molecule has 0 spiro atoms. The average Bonchev–Trinajstić information content (AvgIpc) is 2.62. The number of halogens is 1. The summed E-state index contributed by atoms with van der Waals surface area (Å²) < 4.78 is 10.5. The third kappa shape index (κ3) is 4.06. The second kappa shape index (κ2) is 8.36. The fourth-order valence-electron chi connectivity index (χ4n) is 2.19. The minimum absolute atomic E-state index is 0.355. The lowest BCUT2D eigenvalue weighted by Gasteiger charge is -2.11. The highest BCUT2D eigenvalue weighted by molar-refractivity contribution is 6.33. The molecule has 0 aliphatic heterocycles. The first-order valence-electron chi connectivity index (χ1n) is 7.44. The van der Waals surface area contributed by atoms with E-state index >= 15 is 0 Å². The normalized spacial score (nSPS) is 11.1. The molecule has 0 aliphatic carbocycles. The van der Waals surface area contributed by atoms with Gasteiger partial charge < -0.3 is 9.47 Å². The van der Waals surface area contributed by atoms with E-state index in [4.69, 9.17) is 21.1 Å². The van der Waals surface area contributed by atoms with Crippen LogP contribution in [-0.4, -0.2) is 25.8 Å². The lowest BCUT2D eigenvalue weighted by molar-refractivity contribution is 0.0955. The van der Waals surface area contributed by atoms with Gasteiger partial charge in [-0.1, -0.05) is 30.7 Å². The van der Waals surface area contributed by atoms with E-state index in [-0.39, 0.29) is 5.91 Å². The molecule has 0 atom stereocenters. The molecule has 24 heavy (non-hydrogen) atoms. The van der Waals surface area contributed by atoms with Gasteiger partial charge in [0.2, 0.25) is 0 Å². The molecular weight excluding hydrogens is 328 g/mol. The van der Waals surface area contributed by atoms with Crippen molar-refractivity contribution in [1.82, 2.24) is 5.43 Å². The molecule has 6 heteroatoms. The van der Waals surface area contributed by atoms with Crippen LogP contribution >= 0.6 is 11.6 Å². The van der Waals surface area contributed by atoms with Crippen LogP contribution in [0.4, 0.5) is 0 Å². The van der Waals surface area contributed by atoms with Gasteiger partial charge in [0.15, 0.2) is 11.5 Å². The largest absolute Gasteiger partial charge is 0.493 e. The highest BCUT2D eigenvalue weighted by atomic mass is 35.5. The van der Waals surface area contributed by atoms with Gasteiger partial charge in [-0.3, -0.25) is 4.79 Å². The van der Waals surface area contributed by atoms with Crippen LogP contribution in [0.1, 0.15) is 29.3 Å². The summed E-state index contributed by atoms with van der Waals surface area (Å²) in [6, 6.07) is 12.3. The lowest BCUT2D eigenvalue weighted by Crippen LogP contribution is -2.20. The molecule has 0 bridgehead atoms. The van der Waals surface area contributed by atoms with Crippen LogP contribution in [0, 0.1) is 0 Å². The predicted octanol–water partition coefficient (Wildman–Crippen LogP) is 3.90. The number of carbonyl (C=O) groups excluding carboxylic acids is 1. The third-order valence-corrected chi connectivity index (χ3v) is 3.79. The van der Waals surface area contributed by atoms with Crippen LogP contribution in [0.25, 0.3) is 0 Å². The molecule has 0 unspecified atom stereocenters. The Bertz CT molecular complexity index is 760. The summed E-state index contributed by atoms with van der Waals surface area (Å²) in [7, 11) is 3.15. The monoisotopic (exact) mass is 346 g/mol. The molecule has 0 heterocycles. The maximum Gasteiger partial charge on any atom is 0.272 e. The van der Waals surface area contributed by atoms with Gasteiger partial charge in [0.25, 0.3) is 5.91 Å². The van der Waals surface area contributed by atoms with Crippen LogP contribution in [0.5, 0.6) is 11.5 Å². The number of hydrazone groups is 1. The Morgan fingerprint density at radius 1 is 1.12 bits per heavy atom. The van der Waals surface area contributed by atoms with Crippen LogP contribution in [-0.2, 0) is 0 Å². The third-order valence-electron chi connectivity index (χ3n) is 3.46. The Labute approximate surface area is 146 Å². The second-order valence-electron chi connectivity index (χ2n) is 4.90. The predicted molar refractivity (Wildman–Crippen MR) is 95.3 cm³/mol. The molecular formula is C18H19ClN2O3. The molecule has 0 aromatic heterocycles. The van der Waals surface area contributed by atoms with Crippen LogP contribution < -0.4 is 14.9 Å². The summed E-state index contributed by atoms with van der Waals surface area (Å²) >= 11 is 6.02. The summed E-state index contributed by atoms with van der Waals surface area (Å²) in [6.45, 7) is 1.96. The van der Waals surface area contributed by atoms with Gasteiger partial charge in [0, 0.05) is 5.56 Å². The molecule has 126 valence electrons. The summed E-state index contributed by atoms with van der Waals surface area (Å²) in [4.78, 5) is 12.2. The molecule has 0 aliphatic rings. The molecule has 0 saturated carbocycles. The smallest absolute Gasteiger partial charge is 0.272 e. The zero-order valence-corrected chi connectivity index (χ0v) is 14.6. The quantitative estimate of drug-likeness (QED) is 0.637. The number of amides is 1. The second-order valence-corrected chi connectivity index (χ2v) is 5.31. The molecule has 5 nitrogen and oxygen atoms in total. The van der Waals surface area contributed by atoms with Gasteiger partial charge in [-0.2, -0.15) is 5.10 Å². The molecule has 2 aromatic rings. The van der Waals surface area contributed by atoms with Gasteiger partial charge in [-0.25, -0.2) is 5.43 Å². The zero-order chi connectivity index (χ0) is 17.5. The summed E-state index contributed by atoms with van der Waals surface area (Å²) in [5.74, 6) is 0.886. The Balaban J connectivity index is 2.23. The number of carbonyl (C=O) groups is 1. The minimum atomic E-state index is -0.355. The SMILES string of the molecule is CC/C(=N\NC(=O)c1ccccc1Cl)c1ccc(OC)c(OC)c1. The first-order chi connectivity index (χ1) is 11.6. The van der Waals surface area contributed by atoms with Crippen LogP contribution in [0.2, 0.25) is 5.02 Å². The molecule has 1 N–H and O–H groups in total. The Morgan fingerprint density at radius 2 is 1.83 bits per heavy atom. The summed E-state index contributed by atoms with van der Waals surface area (Å²) in [5.41, 5.74) is 4.49. The first kappa shape index (κ1) is 17.8. The highest BCUT2D eigenvalue weighted by Gasteiger charge is 2.11. The summed E-state index contributed by atoms with van der Waals surface area (Å²) in [6.07, 6.45) is 0.637. The average molecular weight is 347 g/mol. The van der Waals surface area contributed by atoms with Gasteiger partial charge in [-0.05, 0) is 36.8 Å². The van der Waals surface area contributed by atoms with E-state index in [1.165, 1.54) is 0 Å². The van der Waals surface area contributed by atoms with E-state index < -0.39 is 0 Å². The van der Waals surface area contributed by atoms with Crippen molar-refractivity contribution in [3.63, 3.8) is 0 Å². The fourth-order valence-corrected chi connectivity index (χ4v) is 2.41. The maximum atomic E-state index is 12.2. The molecule has 2 aromatic carbocycles. The van der Waals surface area contributed by atoms with Crippen molar-refractivity contribution in [2.24, 2.45) is 5.10 Å². The minimum Gasteiger partial charge on any atom is -0.493 e. The Kier molecular flexibility index (Phi) is 6.21. The van der Waals surface area contributed by atoms with E-state index in [1.54, 1.807) is 44.6 Å². The van der Waals surface area contributed by atoms with Crippen molar-refractivity contribution < 1.29 is 14.3 Å². The van der Waals surface area contributed by atoms with E-state index in [0.29, 0.717) is 28.5 Å². The molecule has 0 fully saturated rings. The highest BCUT2D eigenvalue weighted by Crippen LogP contribution is 2.28. The fraction of sp³-hybridized carbons (Fsp3) is 0.222. The van der Waals surface area contributed by atoms with Crippen molar-refractivity contribution in [2.45, 2.75) is 13.3 Å². The van der Waals surface area contributed by atoms with Gasteiger partial charge in [0.05, 0.1) is 30.5 Å².